The summed E-state index contributed by atoms with van der Waals surface area (Å²) in [6.07, 6.45) is 1.69. The fourth-order valence-corrected chi connectivity index (χ4v) is 1.60. The second-order valence-corrected chi connectivity index (χ2v) is 2.96. The highest BCUT2D eigenvalue weighted by Gasteiger charge is 2.16. The molecule has 1 aliphatic heterocycles. The summed E-state index contributed by atoms with van der Waals surface area (Å²) in [7, 11) is 0. The fourth-order valence-electron chi connectivity index (χ4n) is 0.692. The summed E-state index contributed by atoms with van der Waals surface area (Å²) in [6.45, 7) is 2.88. The van der Waals surface area contributed by atoms with Gasteiger partial charge in [0.05, 0.1) is 5.88 Å². The molecule has 1 N–H and O–H groups in total. The maximum absolute atomic E-state index is 10.3. The molecule has 0 bridgehead atoms. The second-order valence-electron chi connectivity index (χ2n) is 1.98. The minimum Gasteiger partial charge on any atom is -0.477 e. The van der Waals surface area contributed by atoms with Crippen LogP contribution in [-0.2, 0) is 4.79 Å². The summed E-state index contributed by atoms with van der Waals surface area (Å²) in [5.74, 6) is -0.0426. The minimum absolute atomic E-state index is 0.446. The van der Waals surface area contributed by atoms with E-state index in [9.17, 15) is 4.79 Å². The molecule has 10 heavy (non-hydrogen) atoms. The summed E-state index contributed by atoms with van der Waals surface area (Å²) >= 11 is 1.37. The number of carbonyl (C=O) groups is 1. The van der Waals surface area contributed by atoms with E-state index in [-0.39, 0.29) is 0 Å². The van der Waals surface area contributed by atoms with Crippen molar-refractivity contribution in [3.8, 4) is 0 Å². The lowest BCUT2D eigenvalue weighted by molar-refractivity contribution is -0.131. The Labute approximate surface area is 63.7 Å². The van der Waals surface area contributed by atoms with Crippen LogP contribution in [0, 0.1) is 0 Å². The van der Waals surface area contributed by atoms with Crippen LogP contribution >= 0.6 is 11.8 Å². The lowest BCUT2D eigenvalue weighted by Gasteiger charge is -2.08. The van der Waals surface area contributed by atoms with Crippen LogP contribution in [0.5, 0.6) is 0 Å². The highest BCUT2D eigenvalue weighted by molar-refractivity contribution is 8.04. The van der Waals surface area contributed by atoms with Crippen LogP contribution in [0.3, 0.4) is 0 Å². The maximum atomic E-state index is 10.3. The van der Waals surface area contributed by atoms with E-state index < -0.39 is 5.97 Å². The minimum atomic E-state index is -0.819. The van der Waals surface area contributed by atoms with Crippen molar-refractivity contribution in [2.75, 3.05) is 12.4 Å². The second kappa shape index (κ2) is 2.96. The zero-order valence-electron chi connectivity index (χ0n) is 5.70. The van der Waals surface area contributed by atoms with Gasteiger partial charge >= 0.3 is 5.97 Å². The summed E-state index contributed by atoms with van der Waals surface area (Å²) < 4.78 is 0. The first kappa shape index (κ1) is 7.47. The first-order chi connectivity index (χ1) is 4.74. The van der Waals surface area contributed by atoms with E-state index >= 15 is 0 Å². The van der Waals surface area contributed by atoms with Gasteiger partial charge in [-0.1, -0.05) is 11.8 Å². The number of thioether (sulfide) groups is 1. The highest BCUT2D eigenvalue weighted by Crippen LogP contribution is 2.24. The molecule has 56 valence electrons. The Morgan fingerprint density at radius 2 is 2.70 bits per heavy atom. The quantitative estimate of drug-likeness (QED) is 0.651. The molecule has 0 aromatic heterocycles. The molecule has 1 aliphatic rings. The van der Waals surface area contributed by atoms with Crippen molar-refractivity contribution in [3.63, 3.8) is 0 Å². The molecular formula is C6H9NO2S. The fraction of sp³-hybridized carbons (Fsp3) is 0.500. The van der Waals surface area contributed by atoms with E-state index in [1.54, 1.807) is 6.20 Å². The largest absolute Gasteiger partial charge is 0.477 e. The van der Waals surface area contributed by atoms with Gasteiger partial charge in [0, 0.05) is 12.7 Å². The third-order valence-electron chi connectivity index (χ3n) is 1.30. The Morgan fingerprint density at radius 1 is 2.00 bits per heavy atom. The maximum Gasteiger partial charge on any atom is 0.343 e. The number of rotatable bonds is 2. The van der Waals surface area contributed by atoms with Crippen LogP contribution < -0.4 is 0 Å². The van der Waals surface area contributed by atoms with Gasteiger partial charge in [0.2, 0.25) is 0 Å². The van der Waals surface area contributed by atoms with Crippen molar-refractivity contribution < 1.29 is 9.90 Å². The zero-order chi connectivity index (χ0) is 7.56. The van der Waals surface area contributed by atoms with Crippen LogP contribution in [0.15, 0.2) is 11.1 Å². The van der Waals surface area contributed by atoms with Crippen LogP contribution in [0.1, 0.15) is 6.92 Å². The van der Waals surface area contributed by atoms with Gasteiger partial charge in [0.15, 0.2) is 0 Å². The molecule has 0 spiro atoms. The Kier molecular flexibility index (Phi) is 2.21. The number of hydrogen-bond donors (Lipinski definition) is 1. The molecule has 4 heteroatoms. The Morgan fingerprint density at radius 3 is 3.00 bits per heavy atom. The lowest BCUT2D eigenvalue weighted by Crippen LogP contribution is -2.11. The van der Waals surface area contributed by atoms with E-state index in [4.69, 9.17) is 5.11 Å². The van der Waals surface area contributed by atoms with Gasteiger partial charge in [-0.2, -0.15) is 0 Å². The molecule has 0 unspecified atom stereocenters. The third kappa shape index (κ3) is 1.44. The van der Waals surface area contributed by atoms with Gasteiger partial charge in [-0.05, 0) is 6.92 Å². The number of nitrogens with zero attached hydrogens (tertiary/aromatic N) is 1. The van der Waals surface area contributed by atoms with Crippen molar-refractivity contribution in [1.29, 1.82) is 0 Å². The number of hydrogen-bond acceptors (Lipinski definition) is 3. The molecule has 1 rings (SSSR count). The summed E-state index contributed by atoms with van der Waals surface area (Å²) in [5.41, 5.74) is 0. The molecule has 0 radical (unpaired) electrons. The average molecular weight is 159 g/mol. The molecule has 0 saturated carbocycles. The molecule has 0 amide bonds. The van der Waals surface area contributed by atoms with E-state index in [0.717, 1.165) is 12.4 Å². The molecule has 3 nitrogen and oxygen atoms in total. The zero-order valence-corrected chi connectivity index (χ0v) is 6.52. The van der Waals surface area contributed by atoms with E-state index in [2.05, 4.69) is 0 Å². The smallest absolute Gasteiger partial charge is 0.343 e. The molecular weight excluding hydrogens is 150 g/mol. The van der Waals surface area contributed by atoms with Gasteiger partial charge in [0.25, 0.3) is 0 Å². The number of carboxylic acids is 1. The Hall–Kier alpha value is -0.640. The van der Waals surface area contributed by atoms with E-state index in [1.807, 2.05) is 11.8 Å². The van der Waals surface area contributed by atoms with Crippen LogP contribution in [0.4, 0.5) is 0 Å². The van der Waals surface area contributed by atoms with Crippen molar-refractivity contribution in [2.24, 2.45) is 0 Å². The van der Waals surface area contributed by atoms with Crippen LogP contribution in [0.25, 0.3) is 0 Å². The number of carboxylic acid groups (broad SMARTS) is 1. The van der Waals surface area contributed by atoms with E-state index in [0.29, 0.717) is 4.91 Å². The first-order valence-corrected chi connectivity index (χ1v) is 4.04. The monoisotopic (exact) mass is 159 g/mol. The van der Waals surface area contributed by atoms with Gasteiger partial charge in [-0.3, -0.25) is 0 Å². The molecule has 0 aromatic carbocycles. The molecule has 1 heterocycles. The van der Waals surface area contributed by atoms with Gasteiger partial charge < -0.3 is 10.0 Å². The van der Waals surface area contributed by atoms with E-state index in [1.165, 1.54) is 11.8 Å². The van der Waals surface area contributed by atoms with Crippen molar-refractivity contribution >= 4 is 17.7 Å². The highest BCUT2D eigenvalue weighted by atomic mass is 32.2. The molecule has 0 aliphatic carbocycles. The Bertz CT molecular complexity index is 179. The van der Waals surface area contributed by atoms with Gasteiger partial charge in [0.1, 0.15) is 4.91 Å². The standard InChI is InChI=1S/C6H9NO2S/c1-2-7-3-5(6(8)9)10-4-7/h3H,2,4H2,1H3,(H,8,9). The average Bonchev–Trinajstić information content (AvgIpc) is 2.34. The SMILES string of the molecule is CCN1C=C(C(=O)O)SC1. The van der Waals surface area contributed by atoms with Crippen LogP contribution in [0.2, 0.25) is 0 Å². The van der Waals surface area contributed by atoms with Crippen molar-refractivity contribution in [2.45, 2.75) is 6.92 Å². The van der Waals surface area contributed by atoms with Crippen molar-refractivity contribution in [1.82, 2.24) is 4.90 Å². The topological polar surface area (TPSA) is 40.5 Å². The lowest BCUT2D eigenvalue weighted by atomic mass is 10.5. The van der Waals surface area contributed by atoms with Crippen LogP contribution in [-0.4, -0.2) is 28.4 Å². The van der Waals surface area contributed by atoms with Crippen molar-refractivity contribution in [3.05, 3.63) is 11.1 Å². The number of aliphatic carboxylic acids is 1. The summed E-state index contributed by atoms with van der Waals surface area (Å²) in [4.78, 5) is 12.8. The normalized spacial score (nSPS) is 17.3. The molecule has 0 aromatic rings. The summed E-state index contributed by atoms with van der Waals surface area (Å²) in [5, 5.41) is 8.51. The molecule has 0 saturated heterocycles. The molecule has 0 fully saturated rings. The summed E-state index contributed by atoms with van der Waals surface area (Å²) in [6, 6.07) is 0. The first-order valence-electron chi connectivity index (χ1n) is 3.06. The third-order valence-corrected chi connectivity index (χ3v) is 2.35. The predicted molar refractivity (Wildman–Crippen MR) is 40.6 cm³/mol. The molecule has 0 atom stereocenters. The van der Waals surface area contributed by atoms with Gasteiger partial charge in [-0.25, -0.2) is 4.79 Å². The predicted octanol–water partition coefficient (Wildman–Crippen LogP) is 0.939. The van der Waals surface area contributed by atoms with Gasteiger partial charge in [-0.15, -0.1) is 0 Å². The Balaban J connectivity index is 2.57.